The Bertz CT molecular complexity index is 232. The summed E-state index contributed by atoms with van der Waals surface area (Å²) in [6.45, 7) is 10.3. The van der Waals surface area contributed by atoms with Crippen molar-refractivity contribution in [2.24, 2.45) is 5.41 Å². The largest absolute Gasteiger partial charge is 0.193 e. The minimum absolute atomic E-state index is 0.00182. The predicted octanol–water partition coefficient (Wildman–Crippen LogP) is 5.23. The van der Waals surface area contributed by atoms with E-state index in [9.17, 15) is 0 Å². The molecule has 16 heavy (non-hydrogen) atoms. The van der Waals surface area contributed by atoms with Gasteiger partial charge in [0.05, 0.1) is 6.07 Å². The number of allylic oxidation sites excluding steroid dienone is 1. The lowest BCUT2D eigenvalue weighted by atomic mass is 9.81. The summed E-state index contributed by atoms with van der Waals surface area (Å²) in [6, 6.07) is 2.18. The van der Waals surface area contributed by atoms with Gasteiger partial charge >= 0.3 is 0 Å². The SMILES string of the molecule is C=C(C#N)C(C)(C)CCCCCCCCC. The van der Waals surface area contributed by atoms with Crippen LogP contribution in [0, 0.1) is 16.7 Å². The highest BCUT2D eigenvalue weighted by Gasteiger charge is 2.20. The van der Waals surface area contributed by atoms with Crippen LogP contribution in [0.2, 0.25) is 0 Å². The summed E-state index contributed by atoms with van der Waals surface area (Å²) in [5.41, 5.74) is 0.719. The zero-order chi connectivity index (χ0) is 12.4. The van der Waals surface area contributed by atoms with Gasteiger partial charge in [0.15, 0.2) is 0 Å². The first-order chi connectivity index (χ1) is 7.54. The molecule has 0 unspecified atom stereocenters. The third kappa shape index (κ3) is 6.67. The molecule has 0 aliphatic carbocycles. The first-order valence-corrected chi connectivity index (χ1v) is 6.64. The lowest BCUT2D eigenvalue weighted by Crippen LogP contribution is -2.12. The normalized spacial score (nSPS) is 11.1. The molecule has 0 fully saturated rings. The average Bonchev–Trinajstić information content (AvgIpc) is 2.26. The van der Waals surface area contributed by atoms with Crippen LogP contribution in [0.15, 0.2) is 12.2 Å². The summed E-state index contributed by atoms with van der Waals surface area (Å²) >= 11 is 0. The molecule has 0 atom stereocenters. The number of unbranched alkanes of at least 4 members (excludes halogenated alkanes) is 6. The number of nitrogens with zero attached hydrogens (tertiary/aromatic N) is 1. The Morgan fingerprint density at radius 2 is 1.56 bits per heavy atom. The van der Waals surface area contributed by atoms with Crippen LogP contribution in [0.25, 0.3) is 0 Å². The van der Waals surface area contributed by atoms with E-state index < -0.39 is 0 Å². The van der Waals surface area contributed by atoms with Crippen molar-refractivity contribution < 1.29 is 0 Å². The summed E-state index contributed by atoms with van der Waals surface area (Å²) in [5, 5.41) is 8.82. The second-order valence-corrected chi connectivity index (χ2v) is 5.35. The van der Waals surface area contributed by atoms with E-state index in [2.05, 4.69) is 33.4 Å². The lowest BCUT2D eigenvalue weighted by molar-refractivity contribution is 0.393. The highest BCUT2D eigenvalue weighted by molar-refractivity contribution is 5.23. The van der Waals surface area contributed by atoms with Gasteiger partial charge in [-0.1, -0.05) is 72.3 Å². The first kappa shape index (κ1) is 15.2. The summed E-state index contributed by atoms with van der Waals surface area (Å²) in [7, 11) is 0. The van der Waals surface area contributed by atoms with Crippen LogP contribution in [-0.4, -0.2) is 0 Å². The molecular weight excluding hydrogens is 194 g/mol. The van der Waals surface area contributed by atoms with Gasteiger partial charge in [-0.2, -0.15) is 5.26 Å². The van der Waals surface area contributed by atoms with Gasteiger partial charge in [-0.15, -0.1) is 0 Å². The molecule has 0 amide bonds. The van der Waals surface area contributed by atoms with E-state index >= 15 is 0 Å². The maximum atomic E-state index is 8.82. The van der Waals surface area contributed by atoms with E-state index in [0.717, 1.165) is 12.0 Å². The van der Waals surface area contributed by atoms with Crippen LogP contribution in [0.3, 0.4) is 0 Å². The summed E-state index contributed by atoms with van der Waals surface area (Å²) in [6.07, 6.45) is 10.4. The van der Waals surface area contributed by atoms with E-state index in [0.29, 0.717) is 0 Å². The van der Waals surface area contributed by atoms with Gasteiger partial charge in [0, 0.05) is 5.57 Å². The van der Waals surface area contributed by atoms with Gasteiger partial charge in [-0.25, -0.2) is 0 Å². The minimum atomic E-state index is -0.00182. The van der Waals surface area contributed by atoms with Gasteiger partial charge in [-0.05, 0) is 11.8 Å². The van der Waals surface area contributed by atoms with E-state index in [1.54, 1.807) is 0 Å². The Balaban J connectivity index is 3.52. The molecule has 0 saturated carbocycles. The molecular formula is C15H27N. The highest BCUT2D eigenvalue weighted by atomic mass is 14.3. The third-order valence-electron chi connectivity index (χ3n) is 3.36. The summed E-state index contributed by atoms with van der Waals surface area (Å²) < 4.78 is 0. The zero-order valence-electron chi connectivity index (χ0n) is 11.3. The van der Waals surface area contributed by atoms with Crippen LogP contribution in [0.4, 0.5) is 0 Å². The molecule has 92 valence electrons. The monoisotopic (exact) mass is 221 g/mol. The molecule has 0 rings (SSSR count). The molecule has 0 aromatic carbocycles. The van der Waals surface area contributed by atoms with Crippen molar-refractivity contribution in [2.75, 3.05) is 0 Å². The van der Waals surface area contributed by atoms with Crippen molar-refractivity contribution in [3.63, 3.8) is 0 Å². The van der Waals surface area contributed by atoms with Gasteiger partial charge in [0.25, 0.3) is 0 Å². The fourth-order valence-corrected chi connectivity index (χ4v) is 1.83. The van der Waals surface area contributed by atoms with Crippen molar-refractivity contribution in [3.8, 4) is 6.07 Å². The summed E-state index contributed by atoms with van der Waals surface area (Å²) in [5.74, 6) is 0. The number of nitriles is 1. The average molecular weight is 221 g/mol. The van der Waals surface area contributed by atoms with Crippen molar-refractivity contribution in [1.29, 1.82) is 5.26 Å². The van der Waals surface area contributed by atoms with Crippen molar-refractivity contribution in [1.82, 2.24) is 0 Å². The molecule has 1 nitrogen and oxygen atoms in total. The van der Waals surface area contributed by atoms with E-state index in [-0.39, 0.29) is 5.41 Å². The molecule has 0 radical (unpaired) electrons. The topological polar surface area (TPSA) is 23.8 Å². The maximum Gasteiger partial charge on any atom is 0.0946 e. The van der Waals surface area contributed by atoms with E-state index in [1.165, 1.54) is 44.9 Å². The maximum absolute atomic E-state index is 8.82. The lowest BCUT2D eigenvalue weighted by Gasteiger charge is -2.22. The van der Waals surface area contributed by atoms with E-state index in [1.807, 2.05) is 0 Å². The second kappa shape index (κ2) is 8.39. The van der Waals surface area contributed by atoms with Crippen molar-refractivity contribution in [2.45, 2.75) is 72.1 Å². The number of hydrogen-bond acceptors (Lipinski definition) is 1. The molecule has 0 aliphatic heterocycles. The van der Waals surface area contributed by atoms with Crippen LogP contribution in [-0.2, 0) is 0 Å². The van der Waals surface area contributed by atoms with E-state index in [4.69, 9.17) is 5.26 Å². The zero-order valence-corrected chi connectivity index (χ0v) is 11.3. The smallest absolute Gasteiger partial charge is 0.0946 e. The van der Waals surface area contributed by atoms with Crippen LogP contribution in [0.5, 0.6) is 0 Å². The molecule has 0 heterocycles. The first-order valence-electron chi connectivity index (χ1n) is 6.64. The molecule has 0 bridgehead atoms. The molecule has 0 saturated heterocycles. The molecule has 0 N–H and O–H groups in total. The Labute approximate surface area is 102 Å². The Kier molecular flexibility index (Phi) is 7.99. The van der Waals surface area contributed by atoms with Crippen molar-refractivity contribution in [3.05, 3.63) is 12.2 Å². The van der Waals surface area contributed by atoms with Gasteiger partial charge < -0.3 is 0 Å². The molecule has 0 spiro atoms. The highest BCUT2D eigenvalue weighted by Crippen LogP contribution is 2.30. The molecule has 0 aromatic rings. The Morgan fingerprint density at radius 1 is 1.06 bits per heavy atom. The standard InChI is InChI=1S/C15H27N/c1-5-6-7-8-9-10-11-12-15(3,4)14(2)13-16/h2,5-12H2,1,3-4H3. The van der Waals surface area contributed by atoms with Crippen LogP contribution in [0.1, 0.15) is 72.1 Å². The fraction of sp³-hybridized carbons (Fsp3) is 0.800. The third-order valence-corrected chi connectivity index (χ3v) is 3.36. The molecule has 0 aromatic heterocycles. The van der Waals surface area contributed by atoms with Gasteiger partial charge in [-0.3, -0.25) is 0 Å². The predicted molar refractivity (Wildman–Crippen MR) is 71.1 cm³/mol. The van der Waals surface area contributed by atoms with Gasteiger partial charge in [0.2, 0.25) is 0 Å². The number of hydrogen-bond donors (Lipinski definition) is 0. The quantitative estimate of drug-likeness (QED) is 0.386. The molecule has 1 heteroatoms. The minimum Gasteiger partial charge on any atom is -0.193 e. The molecule has 0 aliphatic rings. The Morgan fingerprint density at radius 3 is 2.06 bits per heavy atom. The Hall–Kier alpha value is -0.770. The van der Waals surface area contributed by atoms with Gasteiger partial charge in [0.1, 0.15) is 0 Å². The van der Waals surface area contributed by atoms with Crippen LogP contribution < -0.4 is 0 Å². The van der Waals surface area contributed by atoms with Crippen molar-refractivity contribution >= 4 is 0 Å². The number of rotatable bonds is 9. The van der Waals surface area contributed by atoms with Crippen LogP contribution >= 0.6 is 0 Å². The summed E-state index contributed by atoms with van der Waals surface area (Å²) in [4.78, 5) is 0. The second-order valence-electron chi connectivity index (χ2n) is 5.35. The fourth-order valence-electron chi connectivity index (χ4n) is 1.83.